The number of nitrogens with zero attached hydrogens (tertiary/aromatic N) is 3. The lowest BCUT2D eigenvalue weighted by Crippen LogP contribution is -2.36. The van der Waals surface area contributed by atoms with Crippen molar-refractivity contribution >= 4 is 41.3 Å². The van der Waals surface area contributed by atoms with Gasteiger partial charge < -0.3 is 10.2 Å². The predicted octanol–water partition coefficient (Wildman–Crippen LogP) is 3.53. The number of hydrogen-bond acceptors (Lipinski definition) is 3. The van der Waals surface area contributed by atoms with Gasteiger partial charge in [0.2, 0.25) is 0 Å². The summed E-state index contributed by atoms with van der Waals surface area (Å²) >= 11 is 1.75. The molecule has 2 aromatic rings. The van der Waals surface area contributed by atoms with E-state index >= 15 is 0 Å². The van der Waals surface area contributed by atoms with E-state index in [0.29, 0.717) is 6.54 Å². The van der Waals surface area contributed by atoms with Crippen LogP contribution in [0.4, 0.5) is 0 Å². The van der Waals surface area contributed by atoms with E-state index in [1.54, 1.807) is 11.3 Å². The molecule has 0 radical (unpaired) electrons. The summed E-state index contributed by atoms with van der Waals surface area (Å²) in [5.41, 5.74) is 1.21. The van der Waals surface area contributed by atoms with Gasteiger partial charge >= 0.3 is 0 Å². The van der Waals surface area contributed by atoms with Gasteiger partial charge in [0.05, 0.1) is 13.1 Å². The minimum atomic E-state index is 0. The molecule has 0 atom stereocenters. The highest BCUT2D eigenvalue weighted by Crippen LogP contribution is 2.12. The maximum Gasteiger partial charge on any atom is 0.194 e. The first-order chi connectivity index (χ1) is 10.2. The van der Waals surface area contributed by atoms with Crippen LogP contribution >= 0.6 is 35.3 Å². The summed E-state index contributed by atoms with van der Waals surface area (Å²) in [6, 6.07) is 10.3. The summed E-state index contributed by atoms with van der Waals surface area (Å²) in [4.78, 5) is 12.4. The Morgan fingerprint density at radius 1 is 1.27 bits per heavy atom. The summed E-state index contributed by atoms with van der Waals surface area (Å²) in [5, 5.41) is 4.47. The van der Waals surface area contributed by atoms with Crippen molar-refractivity contribution in [1.82, 2.24) is 15.2 Å². The Balaban J connectivity index is 0.00000242. The second-order valence-electron chi connectivity index (χ2n) is 4.95. The number of hydrogen-bond donors (Lipinski definition) is 1. The Morgan fingerprint density at radius 3 is 2.59 bits per heavy atom. The first-order valence-electron chi connectivity index (χ1n) is 7.12. The van der Waals surface area contributed by atoms with Gasteiger partial charge in [-0.25, -0.2) is 9.98 Å². The monoisotopic (exact) mass is 430 g/mol. The van der Waals surface area contributed by atoms with Gasteiger partial charge in [0.15, 0.2) is 5.96 Å². The molecule has 6 heteroatoms. The van der Waals surface area contributed by atoms with Crippen LogP contribution in [0.5, 0.6) is 0 Å². The molecule has 0 bridgehead atoms. The molecule has 2 rings (SSSR count). The molecular weight excluding hydrogens is 407 g/mol. The average molecular weight is 430 g/mol. The van der Waals surface area contributed by atoms with Crippen LogP contribution in [0.1, 0.15) is 22.4 Å². The van der Waals surface area contributed by atoms with E-state index in [1.807, 2.05) is 43.4 Å². The van der Waals surface area contributed by atoms with Gasteiger partial charge in [-0.05, 0) is 12.0 Å². The smallest absolute Gasteiger partial charge is 0.194 e. The third-order valence-electron chi connectivity index (χ3n) is 3.03. The fraction of sp³-hybridized carbons (Fsp3) is 0.375. The molecule has 1 aromatic carbocycles. The lowest BCUT2D eigenvalue weighted by molar-refractivity contribution is 0.578. The van der Waals surface area contributed by atoms with Gasteiger partial charge in [0, 0.05) is 25.2 Å². The van der Waals surface area contributed by atoms with Crippen LogP contribution in [-0.4, -0.2) is 29.9 Å². The molecule has 1 N–H and O–H groups in total. The van der Waals surface area contributed by atoms with Gasteiger partial charge in [-0.1, -0.05) is 37.3 Å². The lowest BCUT2D eigenvalue weighted by atomic mass is 10.2. The van der Waals surface area contributed by atoms with E-state index in [4.69, 9.17) is 0 Å². The van der Waals surface area contributed by atoms with Crippen LogP contribution in [0, 0.1) is 0 Å². The minimum absolute atomic E-state index is 0. The third kappa shape index (κ3) is 5.92. The van der Waals surface area contributed by atoms with Crippen molar-refractivity contribution in [3.8, 4) is 0 Å². The summed E-state index contributed by atoms with van der Waals surface area (Å²) < 4.78 is 0. The van der Waals surface area contributed by atoms with E-state index in [9.17, 15) is 0 Å². The van der Waals surface area contributed by atoms with Gasteiger partial charge in [0.25, 0.3) is 0 Å². The molecule has 1 aromatic heterocycles. The predicted molar refractivity (Wildman–Crippen MR) is 105 cm³/mol. The fourth-order valence-corrected chi connectivity index (χ4v) is 2.66. The molecule has 22 heavy (non-hydrogen) atoms. The Hall–Kier alpha value is -1.15. The topological polar surface area (TPSA) is 40.5 Å². The van der Waals surface area contributed by atoms with Crippen LogP contribution in [0.15, 0.2) is 41.5 Å². The summed E-state index contributed by atoms with van der Waals surface area (Å²) in [6.45, 7) is 3.55. The zero-order valence-electron chi connectivity index (χ0n) is 13.2. The Morgan fingerprint density at radius 2 is 2.00 bits per heavy atom. The third-order valence-corrected chi connectivity index (χ3v) is 4.17. The molecule has 0 saturated carbocycles. The van der Waals surface area contributed by atoms with Crippen molar-refractivity contribution < 1.29 is 0 Å². The van der Waals surface area contributed by atoms with Crippen molar-refractivity contribution in [1.29, 1.82) is 0 Å². The summed E-state index contributed by atoms with van der Waals surface area (Å²) in [5.74, 6) is 0.882. The second-order valence-corrected chi connectivity index (χ2v) is 6.15. The van der Waals surface area contributed by atoms with E-state index in [0.717, 1.165) is 23.9 Å². The highest BCUT2D eigenvalue weighted by Gasteiger charge is 2.04. The van der Waals surface area contributed by atoms with E-state index < -0.39 is 0 Å². The van der Waals surface area contributed by atoms with Crippen LogP contribution in [0.3, 0.4) is 0 Å². The van der Waals surface area contributed by atoms with Crippen molar-refractivity contribution in [2.24, 2.45) is 4.99 Å². The molecule has 0 saturated heterocycles. The molecule has 0 fully saturated rings. The molecule has 120 valence electrons. The number of thiazole rings is 1. The van der Waals surface area contributed by atoms with E-state index in [-0.39, 0.29) is 24.0 Å². The number of halogens is 1. The summed E-state index contributed by atoms with van der Waals surface area (Å²) in [6.07, 6.45) is 3.00. The highest BCUT2D eigenvalue weighted by atomic mass is 127. The number of aryl methyl sites for hydroxylation is 1. The SMILES string of the molecule is CCc1cnc(CNC(=NCc2ccccc2)N(C)C)s1.I. The molecule has 4 nitrogen and oxygen atoms in total. The van der Waals surface area contributed by atoms with Crippen LogP contribution in [0.2, 0.25) is 0 Å². The summed E-state index contributed by atoms with van der Waals surface area (Å²) in [7, 11) is 3.99. The Bertz CT molecular complexity index is 581. The molecule has 0 spiro atoms. The Kier molecular flexibility index (Phi) is 8.40. The largest absolute Gasteiger partial charge is 0.350 e. The standard InChI is InChI=1S/C16H22N4S.HI/c1-4-14-11-17-15(21-14)12-19-16(20(2)3)18-10-13-8-6-5-7-9-13;/h5-9,11H,4,10,12H2,1-3H3,(H,18,19);1H. The molecular formula is C16H23IN4S. The van der Waals surface area contributed by atoms with Gasteiger partial charge in [-0.15, -0.1) is 35.3 Å². The first kappa shape index (κ1) is 18.9. The number of benzene rings is 1. The van der Waals surface area contributed by atoms with Crippen molar-refractivity contribution in [3.05, 3.63) is 52.0 Å². The van der Waals surface area contributed by atoms with Gasteiger partial charge in [-0.3, -0.25) is 0 Å². The molecule has 1 heterocycles. The maximum atomic E-state index is 4.64. The second kappa shape index (κ2) is 9.78. The molecule has 0 aliphatic rings. The zero-order chi connectivity index (χ0) is 15.1. The lowest BCUT2D eigenvalue weighted by Gasteiger charge is -2.17. The van der Waals surface area contributed by atoms with Gasteiger partial charge in [0.1, 0.15) is 5.01 Å². The molecule has 0 unspecified atom stereocenters. The van der Waals surface area contributed by atoms with Gasteiger partial charge in [-0.2, -0.15) is 0 Å². The normalized spacial score (nSPS) is 11.0. The maximum absolute atomic E-state index is 4.64. The van der Waals surface area contributed by atoms with Crippen LogP contribution < -0.4 is 5.32 Å². The van der Waals surface area contributed by atoms with Crippen LogP contribution in [-0.2, 0) is 19.5 Å². The van der Waals surface area contributed by atoms with Crippen molar-refractivity contribution in [2.75, 3.05) is 14.1 Å². The molecule has 0 aliphatic carbocycles. The number of rotatable bonds is 5. The highest BCUT2D eigenvalue weighted by molar-refractivity contribution is 14.0. The molecule has 0 amide bonds. The fourth-order valence-electron chi connectivity index (χ4n) is 1.85. The van der Waals surface area contributed by atoms with Crippen molar-refractivity contribution in [3.63, 3.8) is 0 Å². The van der Waals surface area contributed by atoms with E-state index in [1.165, 1.54) is 10.4 Å². The number of aliphatic imine (C=N–C) groups is 1. The average Bonchev–Trinajstić information content (AvgIpc) is 2.96. The minimum Gasteiger partial charge on any atom is -0.350 e. The van der Waals surface area contributed by atoms with Crippen molar-refractivity contribution in [2.45, 2.75) is 26.4 Å². The molecule has 0 aliphatic heterocycles. The number of guanidine groups is 1. The zero-order valence-corrected chi connectivity index (χ0v) is 16.4. The first-order valence-corrected chi connectivity index (χ1v) is 7.94. The quantitative estimate of drug-likeness (QED) is 0.448. The number of aromatic nitrogens is 1. The van der Waals surface area contributed by atoms with E-state index in [2.05, 4.69) is 34.3 Å². The Labute approximate surface area is 153 Å². The van der Waals surface area contributed by atoms with Crippen LogP contribution in [0.25, 0.3) is 0 Å². The number of nitrogens with one attached hydrogen (secondary N) is 1.